The first-order valence-corrected chi connectivity index (χ1v) is 13.7. The van der Waals surface area contributed by atoms with Crippen molar-refractivity contribution in [3.63, 3.8) is 0 Å². The molecule has 3 saturated carbocycles. The van der Waals surface area contributed by atoms with Gasteiger partial charge in [-0.2, -0.15) is 0 Å². The molecule has 0 bridgehead atoms. The lowest BCUT2D eigenvalue weighted by Crippen LogP contribution is -2.59. The van der Waals surface area contributed by atoms with Gasteiger partial charge in [-0.3, -0.25) is 9.59 Å². The molecule has 3 fully saturated rings. The van der Waals surface area contributed by atoms with E-state index < -0.39 is 0 Å². The summed E-state index contributed by atoms with van der Waals surface area (Å²) in [5.74, 6) is 2.19. The Kier molecular flexibility index (Phi) is 5.62. The number of carbonyl (C=O) groups is 2. The number of rotatable bonds is 3. The zero-order valence-corrected chi connectivity index (χ0v) is 21.7. The second kappa shape index (κ2) is 8.61. The third kappa shape index (κ3) is 3.55. The molecule has 6 rings (SSSR count). The topological polar surface area (TPSA) is 49.4 Å². The first-order chi connectivity index (χ1) is 17.3. The van der Waals surface area contributed by atoms with E-state index in [-0.39, 0.29) is 28.6 Å². The number of likely N-dealkylation sites (N-methyl/N-ethyl adjacent to an activating group) is 1. The van der Waals surface area contributed by atoms with Crippen molar-refractivity contribution < 1.29 is 9.59 Å². The van der Waals surface area contributed by atoms with Gasteiger partial charge in [-0.15, -0.1) is 0 Å². The predicted molar refractivity (Wildman–Crippen MR) is 144 cm³/mol. The fraction of sp³-hybridized carbons (Fsp3) is 0.500. The van der Waals surface area contributed by atoms with E-state index in [0.717, 1.165) is 48.9 Å². The van der Waals surface area contributed by atoms with E-state index in [0.29, 0.717) is 23.8 Å². The quantitative estimate of drug-likeness (QED) is 0.539. The van der Waals surface area contributed by atoms with E-state index in [2.05, 4.69) is 49.5 Å². The number of carbonyl (C=O) groups excluding carboxylic acids is 2. The molecule has 0 radical (unpaired) electrons. The van der Waals surface area contributed by atoms with Gasteiger partial charge in [0, 0.05) is 30.1 Å². The average molecular weight is 483 g/mol. The molecule has 0 spiro atoms. The summed E-state index contributed by atoms with van der Waals surface area (Å²) < 4.78 is 0. The molecular weight excluding hydrogens is 444 g/mol. The van der Waals surface area contributed by atoms with Gasteiger partial charge in [-0.25, -0.2) is 0 Å². The van der Waals surface area contributed by atoms with Crippen LogP contribution in [-0.2, 0) is 9.59 Å². The normalized spacial score (nSPS) is 37.1. The lowest BCUT2D eigenvalue weighted by Gasteiger charge is -2.60. The summed E-state index contributed by atoms with van der Waals surface area (Å²) >= 11 is 0. The molecule has 2 aromatic rings. The summed E-state index contributed by atoms with van der Waals surface area (Å²) in [4.78, 5) is 28.0. The van der Waals surface area contributed by atoms with Crippen molar-refractivity contribution in [2.45, 2.75) is 58.4 Å². The van der Waals surface area contributed by atoms with E-state index in [1.807, 2.05) is 42.3 Å². The summed E-state index contributed by atoms with van der Waals surface area (Å²) in [5, 5.41) is 3.29. The van der Waals surface area contributed by atoms with Crippen molar-refractivity contribution >= 4 is 17.5 Å². The zero-order valence-electron chi connectivity index (χ0n) is 21.7. The van der Waals surface area contributed by atoms with Crippen LogP contribution in [-0.4, -0.2) is 29.8 Å². The van der Waals surface area contributed by atoms with E-state index >= 15 is 0 Å². The van der Waals surface area contributed by atoms with Gasteiger partial charge < -0.3 is 10.2 Å². The molecular formula is C32H38N2O2. The second-order valence-corrected chi connectivity index (χ2v) is 12.2. The highest BCUT2D eigenvalue weighted by atomic mass is 16.2. The van der Waals surface area contributed by atoms with E-state index in [4.69, 9.17) is 0 Å². The average Bonchev–Trinajstić information content (AvgIpc) is 3.25. The van der Waals surface area contributed by atoms with Crippen LogP contribution in [0.15, 0.2) is 66.7 Å². The van der Waals surface area contributed by atoms with E-state index in [1.165, 1.54) is 6.42 Å². The first kappa shape index (κ1) is 23.5. The van der Waals surface area contributed by atoms with Gasteiger partial charge in [0.2, 0.25) is 11.8 Å². The Morgan fingerprint density at radius 1 is 0.917 bits per heavy atom. The Morgan fingerprint density at radius 2 is 1.69 bits per heavy atom. The minimum Gasteiger partial charge on any atom is -0.338 e. The summed E-state index contributed by atoms with van der Waals surface area (Å²) in [7, 11) is 1.98. The van der Waals surface area contributed by atoms with Crippen molar-refractivity contribution in [1.29, 1.82) is 0 Å². The van der Waals surface area contributed by atoms with Crippen LogP contribution in [0.2, 0.25) is 0 Å². The Hall–Kier alpha value is -2.88. The largest absolute Gasteiger partial charge is 0.338 e. The maximum atomic E-state index is 13.7. The first-order valence-electron chi connectivity index (χ1n) is 13.7. The number of benzene rings is 2. The molecule has 1 heterocycles. The van der Waals surface area contributed by atoms with Gasteiger partial charge >= 0.3 is 0 Å². The maximum Gasteiger partial charge on any atom is 0.246 e. The summed E-state index contributed by atoms with van der Waals surface area (Å²) in [6.07, 6.45) is 10.6. The van der Waals surface area contributed by atoms with Crippen molar-refractivity contribution in [3.8, 4) is 11.1 Å². The second-order valence-electron chi connectivity index (χ2n) is 12.2. The Balaban J connectivity index is 1.21. The molecule has 4 heteroatoms. The van der Waals surface area contributed by atoms with Crippen molar-refractivity contribution in [2.75, 3.05) is 12.4 Å². The molecule has 1 N–H and O–H groups in total. The van der Waals surface area contributed by atoms with Crippen LogP contribution in [0.4, 0.5) is 5.69 Å². The highest BCUT2D eigenvalue weighted by Gasteiger charge is 2.61. The third-order valence-electron chi connectivity index (χ3n) is 10.7. The van der Waals surface area contributed by atoms with Crippen LogP contribution in [0.3, 0.4) is 0 Å². The number of nitrogens with one attached hydrogen (secondary N) is 1. The molecule has 3 aliphatic carbocycles. The van der Waals surface area contributed by atoms with Crippen LogP contribution in [0.5, 0.6) is 0 Å². The molecule has 1 aliphatic heterocycles. The lowest BCUT2D eigenvalue weighted by molar-refractivity contribution is -0.141. The summed E-state index contributed by atoms with van der Waals surface area (Å²) in [6.45, 7) is 4.78. The molecule has 4 nitrogen and oxygen atoms in total. The minimum absolute atomic E-state index is 0.0468. The van der Waals surface area contributed by atoms with Crippen LogP contribution >= 0.6 is 0 Å². The molecule has 0 aromatic heterocycles. The number of amides is 2. The highest BCUT2D eigenvalue weighted by molar-refractivity contribution is 5.94. The predicted octanol–water partition coefficient (Wildman–Crippen LogP) is 6.55. The molecule has 0 unspecified atom stereocenters. The van der Waals surface area contributed by atoms with Crippen LogP contribution in [0.25, 0.3) is 11.1 Å². The van der Waals surface area contributed by atoms with Crippen LogP contribution in [0.1, 0.15) is 52.4 Å². The Bertz CT molecular complexity index is 1210. The molecule has 2 aromatic carbocycles. The maximum absolute atomic E-state index is 13.7. The standard InChI is InChI=1S/C32H38N2O2/c1-31-18-16-26-24(12-15-28-32(26,2)19-17-29(35)34(28)3)25(31)13-14-27(31)30(36)33-23-11-7-10-22(20-23)21-8-5-4-6-9-21/h4-11,17,19-20,24-28H,12-16,18H2,1-3H3,(H,33,36)/t24-,25-,26-,27+,28+,31-,32+/m0/s1. The molecule has 36 heavy (non-hydrogen) atoms. The van der Waals surface area contributed by atoms with E-state index in [9.17, 15) is 9.59 Å². The monoisotopic (exact) mass is 482 g/mol. The number of nitrogens with zero attached hydrogens (tertiary/aromatic N) is 1. The number of hydrogen-bond donors (Lipinski definition) is 1. The molecule has 2 amide bonds. The van der Waals surface area contributed by atoms with Gasteiger partial charge in [0.05, 0.1) is 0 Å². The number of fused-ring (bicyclic) bond motifs is 5. The molecule has 4 aliphatic rings. The zero-order chi connectivity index (χ0) is 25.1. The number of anilines is 1. The summed E-state index contributed by atoms with van der Waals surface area (Å²) in [6, 6.07) is 18.8. The lowest BCUT2D eigenvalue weighted by atomic mass is 9.47. The SMILES string of the molecule is CN1C(=O)C=C[C@]2(C)[C@H]3CC[C@]4(C)[C@@H](C(=O)Nc5cccc(-c6ccccc6)c5)CC[C@H]4[C@@H]3CC[C@@H]12. The third-order valence-corrected chi connectivity index (χ3v) is 10.7. The van der Waals surface area contributed by atoms with Crippen LogP contribution < -0.4 is 5.32 Å². The van der Waals surface area contributed by atoms with Gasteiger partial charge in [0.1, 0.15) is 0 Å². The van der Waals surface area contributed by atoms with Gasteiger partial charge in [-0.1, -0.05) is 62.4 Å². The van der Waals surface area contributed by atoms with Crippen LogP contribution in [0, 0.1) is 34.5 Å². The van der Waals surface area contributed by atoms with Gasteiger partial charge in [0.25, 0.3) is 0 Å². The Morgan fingerprint density at radius 3 is 2.50 bits per heavy atom. The summed E-state index contributed by atoms with van der Waals surface area (Å²) in [5.41, 5.74) is 3.26. The van der Waals surface area contributed by atoms with Crippen molar-refractivity contribution in [3.05, 3.63) is 66.7 Å². The van der Waals surface area contributed by atoms with E-state index in [1.54, 1.807) is 6.08 Å². The van der Waals surface area contributed by atoms with Crippen molar-refractivity contribution in [2.24, 2.45) is 34.5 Å². The fourth-order valence-corrected chi connectivity index (χ4v) is 8.81. The molecule has 7 atom stereocenters. The van der Waals surface area contributed by atoms with Crippen molar-refractivity contribution in [1.82, 2.24) is 4.90 Å². The van der Waals surface area contributed by atoms with Gasteiger partial charge in [-0.05, 0) is 91.0 Å². The minimum atomic E-state index is 0.0468. The fourth-order valence-electron chi connectivity index (χ4n) is 8.81. The van der Waals surface area contributed by atoms with Gasteiger partial charge in [0.15, 0.2) is 0 Å². The Labute approximate surface area is 215 Å². The highest BCUT2D eigenvalue weighted by Crippen LogP contribution is 2.65. The molecule has 188 valence electrons. The number of hydrogen-bond acceptors (Lipinski definition) is 2. The smallest absolute Gasteiger partial charge is 0.246 e. The molecule has 0 saturated heterocycles.